The van der Waals surface area contributed by atoms with Gasteiger partial charge in [0.1, 0.15) is 0 Å². The van der Waals surface area contributed by atoms with E-state index in [-0.39, 0.29) is 5.88 Å². The minimum atomic E-state index is -0.632. The first-order chi connectivity index (χ1) is 7.47. The first-order valence-electron chi connectivity index (χ1n) is 4.28. The third-order valence-electron chi connectivity index (χ3n) is 1.81. The van der Waals surface area contributed by atoms with Crippen molar-refractivity contribution in [1.82, 2.24) is 0 Å². The molecule has 1 atom stereocenters. The van der Waals surface area contributed by atoms with Crippen LogP contribution in [-0.4, -0.2) is 23.6 Å². The SMILES string of the molecule is OC(CCl)CNc1c(Br)cc(Br)c(Cl)c1Cl. The molecule has 1 aromatic carbocycles. The van der Waals surface area contributed by atoms with Gasteiger partial charge in [0.25, 0.3) is 0 Å². The van der Waals surface area contributed by atoms with Gasteiger partial charge in [-0.05, 0) is 37.9 Å². The number of hydrogen-bond donors (Lipinski definition) is 2. The van der Waals surface area contributed by atoms with Crippen LogP contribution >= 0.6 is 66.7 Å². The van der Waals surface area contributed by atoms with Gasteiger partial charge in [-0.15, -0.1) is 11.6 Å². The van der Waals surface area contributed by atoms with E-state index in [1.165, 1.54) is 0 Å². The molecule has 1 unspecified atom stereocenters. The van der Waals surface area contributed by atoms with Gasteiger partial charge >= 0.3 is 0 Å². The number of rotatable bonds is 4. The van der Waals surface area contributed by atoms with Crippen molar-refractivity contribution >= 4 is 72.4 Å². The maximum Gasteiger partial charge on any atom is 0.0847 e. The lowest BCUT2D eigenvalue weighted by Gasteiger charge is -2.14. The monoisotopic (exact) mass is 409 g/mol. The van der Waals surface area contributed by atoms with Gasteiger partial charge in [-0.1, -0.05) is 23.2 Å². The Hall–Kier alpha value is 0.810. The van der Waals surface area contributed by atoms with Gasteiger partial charge in [-0.3, -0.25) is 0 Å². The van der Waals surface area contributed by atoms with Crippen molar-refractivity contribution in [2.75, 3.05) is 17.7 Å². The molecule has 0 spiro atoms. The molecule has 16 heavy (non-hydrogen) atoms. The van der Waals surface area contributed by atoms with Crippen LogP contribution in [0.5, 0.6) is 0 Å². The molecule has 1 rings (SSSR count). The zero-order chi connectivity index (χ0) is 12.3. The average Bonchev–Trinajstić information content (AvgIpc) is 2.25. The Bertz CT molecular complexity index is 390. The fraction of sp³-hybridized carbons (Fsp3) is 0.333. The number of aliphatic hydroxyl groups is 1. The molecule has 90 valence electrons. The minimum Gasteiger partial charge on any atom is -0.390 e. The highest BCUT2D eigenvalue weighted by Crippen LogP contribution is 2.41. The van der Waals surface area contributed by atoms with Crippen LogP contribution in [0.25, 0.3) is 0 Å². The second kappa shape index (κ2) is 6.66. The lowest BCUT2D eigenvalue weighted by atomic mass is 10.3. The second-order valence-corrected chi connectivity index (χ2v) is 5.81. The summed E-state index contributed by atoms with van der Waals surface area (Å²) in [6.45, 7) is 0.305. The van der Waals surface area contributed by atoms with E-state index in [2.05, 4.69) is 37.2 Å². The van der Waals surface area contributed by atoms with Crippen LogP contribution in [0, 0.1) is 0 Å². The Kier molecular flexibility index (Phi) is 6.19. The topological polar surface area (TPSA) is 32.3 Å². The van der Waals surface area contributed by atoms with Crippen LogP contribution in [-0.2, 0) is 0 Å². The highest BCUT2D eigenvalue weighted by atomic mass is 79.9. The molecule has 0 aromatic heterocycles. The van der Waals surface area contributed by atoms with Gasteiger partial charge in [-0.2, -0.15) is 0 Å². The van der Waals surface area contributed by atoms with E-state index in [9.17, 15) is 5.11 Å². The lowest BCUT2D eigenvalue weighted by Crippen LogP contribution is -2.21. The summed E-state index contributed by atoms with van der Waals surface area (Å²) >= 11 is 24.2. The Balaban J connectivity index is 2.92. The van der Waals surface area contributed by atoms with Crippen LogP contribution in [0.4, 0.5) is 5.69 Å². The molecule has 0 fully saturated rings. The van der Waals surface area contributed by atoms with Crippen molar-refractivity contribution in [3.63, 3.8) is 0 Å². The smallest absolute Gasteiger partial charge is 0.0847 e. The Morgan fingerprint density at radius 3 is 2.44 bits per heavy atom. The van der Waals surface area contributed by atoms with Gasteiger partial charge < -0.3 is 10.4 Å². The van der Waals surface area contributed by atoms with Crippen LogP contribution in [0.2, 0.25) is 10.0 Å². The summed E-state index contributed by atoms with van der Waals surface area (Å²) in [4.78, 5) is 0. The Morgan fingerprint density at radius 2 is 1.88 bits per heavy atom. The van der Waals surface area contributed by atoms with E-state index in [4.69, 9.17) is 34.8 Å². The lowest BCUT2D eigenvalue weighted by molar-refractivity contribution is 0.211. The van der Waals surface area contributed by atoms with Gasteiger partial charge in [0.05, 0.1) is 27.7 Å². The second-order valence-electron chi connectivity index (χ2n) is 3.03. The fourth-order valence-electron chi connectivity index (χ4n) is 1.00. The maximum absolute atomic E-state index is 9.33. The number of anilines is 1. The van der Waals surface area contributed by atoms with Gasteiger partial charge in [-0.25, -0.2) is 0 Å². The molecule has 1 aromatic rings. The van der Waals surface area contributed by atoms with Crippen molar-refractivity contribution < 1.29 is 5.11 Å². The van der Waals surface area contributed by atoms with Crippen molar-refractivity contribution in [3.05, 3.63) is 25.1 Å². The number of aliphatic hydroxyl groups excluding tert-OH is 1. The predicted molar refractivity (Wildman–Crippen MR) is 77.1 cm³/mol. The maximum atomic E-state index is 9.33. The van der Waals surface area contributed by atoms with Crippen LogP contribution in [0.3, 0.4) is 0 Å². The van der Waals surface area contributed by atoms with Gasteiger partial charge in [0, 0.05) is 15.5 Å². The molecule has 0 heterocycles. The molecule has 0 aliphatic carbocycles. The molecule has 0 amide bonds. The number of halogens is 5. The molecular formula is C9H8Br2Cl3NO. The van der Waals surface area contributed by atoms with Crippen LogP contribution in [0.15, 0.2) is 15.0 Å². The number of nitrogens with one attached hydrogen (secondary N) is 1. The van der Waals surface area contributed by atoms with Gasteiger partial charge in [0.2, 0.25) is 0 Å². The summed E-state index contributed by atoms with van der Waals surface area (Å²) in [5, 5.41) is 13.1. The van der Waals surface area contributed by atoms with E-state index in [0.717, 1.165) is 4.47 Å². The molecule has 0 radical (unpaired) electrons. The summed E-state index contributed by atoms with van der Waals surface area (Å²) in [7, 11) is 0. The largest absolute Gasteiger partial charge is 0.390 e. The summed E-state index contributed by atoms with van der Waals surface area (Å²) in [6.07, 6.45) is -0.632. The predicted octanol–water partition coefficient (Wildman–Crippen LogP) is 4.53. The summed E-state index contributed by atoms with van der Waals surface area (Å²) < 4.78 is 1.46. The Morgan fingerprint density at radius 1 is 1.25 bits per heavy atom. The molecule has 0 saturated heterocycles. The van der Waals surface area contributed by atoms with Crippen molar-refractivity contribution in [3.8, 4) is 0 Å². The number of alkyl halides is 1. The van der Waals surface area contributed by atoms with E-state index >= 15 is 0 Å². The zero-order valence-electron chi connectivity index (χ0n) is 7.91. The van der Waals surface area contributed by atoms with Gasteiger partial charge in [0.15, 0.2) is 0 Å². The normalized spacial score (nSPS) is 12.6. The standard InChI is InChI=1S/C9H8Br2Cl3NO/c10-5-1-6(11)9(8(14)7(5)13)15-3-4(16)2-12/h1,4,15-16H,2-3H2. The third-order valence-corrected chi connectivity index (χ3v) is 4.51. The first-order valence-corrected chi connectivity index (χ1v) is 7.16. The number of hydrogen-bond acceptors (Lipinski definition) is 2. The van der Waals surface area contributed by atoms with E-state index < -0.39 is 6.10 Å². The Labute approximate surface area is 126 Å². The fourth-order valence-corrected chi connectivity index (χ4v) is 3.06. The molecule has 0 aliphatic heterocycles. The molecule has 7 heteroatoms. The van der Waals surface area contributed by atoms with Crippen LogP contribution < -0.4 is 5.32 Å². The molecule has 0 aliphatic rings. The van der Waals surface area contributed by atoms with E-state index in [0.29, 0.717) is 26.8 Å². The third kappa shape index (κ3) is 3.65. The van der Waals surface area contributed by atoms with Crippen molar-refractivity contribution in [1.29, 1.82) is 0 Å². The van der Waals surface area contributed by atoms with E-state index in [1.807, 2.05) is 0 Å². The highest BCUT2D eigenvalue weighted by molar-refractivity contribution is 9.11. The van der Waals surface area contributed by atoms with Crippen molar-refractivity contribution in [2.45, 2.75) is 6.10 Å². The average molecular weight is 412 g/mol. The highest BCUT2D eigenvalue weighted by Gasteiger charge is 2.13. The summed E-state index contributed by atoms with van der Waals surface area (Å²) in [5.74, 6) is 0.159. The first kappa shape index (κ1) is 14.9. The summed E-state index contributed by atoms with van der Waals surface area (Å²) in [5.41, 5.74) is 0.638. The molecule has 0 bridgehead atoms. The van der Waals surface area contributed by atoms with Crippen LogP contribution in [0.1, 0.15) is 0 Å². The van der Waals surface area contributed by atoms with Crippen molar-refractivity contribution in [2.24, 2.45) is 0 Å². The molecule has 2 nitrogen and oxygen atoms in total. The molecular weight excluding hydrogens is 404 g/mol. The zero-order valence-corrected chi connectivity index (χ0v) is 13.3. The summed E-state index contributed by atoms with van der Waals surface area (Å²) in [6, 6.07) is 1.78. The van der Waals surface area contributed by atoms with E-state index in [1.54, 1.807) is 6.07 Å². The quantitative estimate of drug-likeness (QED) is 0.433. The molecule has 0 saturated carbocycles. The minimum absolute atomic E-state index is 0.159. The number of benzene rings is 1. The molecule has 2 N–H and O–H groups in total.